The van der Waals surface area contributed by atoms with Crippen LogP contribution in [0.5, 0.6) is 0 Å². The smallest absolute Gasteiger partial charge is 0.214 e. The largest absolute Gasteiger partial charge is 0.374 e. The van der Waals surface area contributed by atoms with Gasteiger partial charge in [-0.05, 0) is 25.3 Å². The summed E-state index contributed by atoms with van der Waals surface area (Å²) in [4.78, 5) is 5.87. The van der Waals surface area contributed by atoms with Crippen molar-refractivity contribution < 1.29 is 9.13 Å². The molecule has 0 spiro atoms. The van der Waals surface area contributed by atoms with E-state index in [4.69, 9.17) is 4.74 Å². The molecule has 1 aromatic rings. The second-order valence-electron chi connectivity index (χ2n) is 4.44. The molecule has 2 unspecified atom stereocenters. The maximum absolute atomic E-state index is 13.1. The van der Waals surface area contributed by atoms with Crippen LogP contribution in [-0.4, -0.2) is 30.3 Å². The van der Waals surface area contributed by atoms with E-state index in [0.717, 1.165) is 31.7 Å². The summed E-state index contributed by atoms with van der Waals surface area (Å²) in [7, 11) is 0. The molecule has 0 amide bonds. The van der Waals surface area contributed by atoms with Crippen LogP contribution in [0.1, 0.15) is 19.3 Å². The molecule has 0 bridgehead atoms. The lowest BCUT2D eigenvalue weighted by molar-refractivity contribution is 0.0256. The van der Waals surface area contributed by atoms with E-state index in [1.807, 2.05) is 6.07 Å². The van der Waals surface area contributed by atoms with Crippen molar-refractivity contribution in [3.05, 3.63) is 24.3 Å². The molecule has 1 aliphatic carbocycles. The third-order valence-corrected chi connectivity index (χ3v) is 3.52. The van der Waals surface area contributed by atoms with Gasteiger partial charge in [0.2, 0.25) is 5.95 Å². The molecule has 2 aliphatic rings. The predicted octanol–water partition coefficient (Wildman–Crippen LogP) is 1.98. The zero-order chi connectivity index (χ0) is 11.0. The first-order chi connectivity index (χ1) is 7.84. The van der Waals surface area contributed by atoms with Crippen LogP contribution < -0.4 is 4.90 Å². The van der Waals surface area contributed by atoms with Gasteiger partial charge in [-0.1, -0.05) is 0 Å². The van der Waals surface area contributed by atoms with Gasteiger partial charge in [0.25, 0.3) is 0 Å². The lowest BCUT2D eigenvalue weighted by atomic mass is 10.1. The SMILES string of the molecule is Fc1cc(N2CCOC3CCCC32)ccn1. The summed E-state index contributed by atoms with van der Waals surface area (Å²) >= 11 is 0. The van der Waals surface area contributed by atoms with Crippen LogP contribution in [0.25, 0.3) is 0 Å². The second-order valence-corrected chi connectivity index (χ2v) is 4.44. The van der Waals surface area contributed by atoms with Crippen LogP contribution >= 0.6 is 0 Å². The van der Waals surface area contributed by atoms with Gasteiger partial charge >= 0.3 is 0 Å². The molecule has 1 aromatic heterocycles. The third-order valence-electron chi connectivity index (χ3n) is 3.52. The first-order valence-corrected chi connectivity index (χ1v) is 5.84. The Bertz CT molecular complexity index is 385. The van der Waals surface area contributed by atoms with Gasteiger partial charge in [0.15, 0.2) is 0 Å². The number of pyridine rings is 1. The summed E-state index contributed by atoms with van der Waals surface area (Å²) < 4.78 is 18.8. The van der Waals surface area contributed by atoms with Gasteiger partial charge < -0.3 is 9.64 Å². The van der Waals surface area contributed by atoms with Crippen molar-refractivity contribution in [1.29, 1.82) is 0 Å². The molecule has 1 aliphatic heterocycles. The summed E-state index contributed by atoms with van der Waals surface area (Å²) in [5.41, 5.74) is 0.938. The Morgan fingerprint density at radius 3 is 3.25 bits per heavy atom. The topological polar surface area (TPSA) is 25.4 Å². The highest BCUT2D eigenvalue weighted by Crippen LogP contribution is 2.32. The van der Waals surface area contributed by atoms with E-state index in [1.54, 1.807) is 0 Å². The number of morpholine rings is 1. The quantitative estimate of drug-likeness (QED) is 0.679. The standard InChI is InChI=1S/C12H15FN2O/c13-12-8-9(4-5-14-12)15-6-7-16-11-3-1-2-10(11)15/h4-5,8,10-11H,1-3,6-7H2. The van der Waals surface area contributed by atoms with Crippen LogP contribution in [0.2, 0.25) is 0 Å². The van der Waals surface area contributed by atoms with E-state index in [9.17, 15) is 4.39 Å². The summed E-state index contributed by atoms with van der Waals surface area (Å²) in [5.74, 6) is -0.404. The molecule has 3 rings (SSSR count). The van der Waals surface area contributed by atoms with Crippen molar-refractivity contribution in [1.82, 2.24) is 4.98 Å². The first kappa shape index (κ1) is 10.0. The van der Waals surface area contributed by atoms with Crippen LogP contribution in [-0.2, 0) is 4.74 Å². The van der Waals surface area contributed by atoms with Gasteiger partial charge in [-0.3, -0.25) is 0 Å². The molecule has 1 saturated carbocycles. The number of hydrogen-bond donors (Lipinski definition) is 0. The Morgan fingerprint density at radius 1 is 1.44 bits per heavy atom. The van der Waals surface area contributed by atoms with Crippen molar-refractivity contribution in [3.8, 4) is 0 Å². The van der Waals surface area contributed by atoms with Gasteiger partial charge in [0.05, 0.1) is 18.8 Å². The minimum absolute atomic E-state index is 0.338. The summed E-state index contributed by atoms with van der Waals surface area (Å²) in [6.45, 7) is 1.59. The molecule has 0 aromatic carbocycles. The highest BCUT2D eigenvalue weighted by molar-refractivity contribution is 5.47. The zero-order valence-electron chi connectivity index (χ0n) is 9.10. The Hall–Kier alpha value is -1.16. The lowest BCUT2D eigenvalue weighted by Crippen LogP contribution is -2.48. The maximum atomic E-state index is 13.1. The van der Waals surface area contributed by atoms with E-state index >= 15 is 0 Å². The normalized spacial score (nSPS) is 29.2. The molecule has 16 heavy (non-hydrogen) atoms. The van der Waals surface area contributed by atoms with Crippen molar-refractivity contribution in [2.45, 2.75) is 31.4 Å². The summed E-state index contributed by atoms with van der Waals surface area (Å²) in [5, 5.41) is 0. The Labute approximate surface area is 94.2 Å². The van der Waals surface area contributed by atoms with Gasteiger partial charge in [-0.15, -0.1) is 0 Å². The van der Waals surface area contributed by atoms with E-state index in [1.165, 1.54) is 18.7 Å². The van der Waals surface area contributed by atoms with Crippen molar-refractivity contribution >= 4 is 5.69 Å². The molecule has 3 nitrogen and oxygen atoms in total. The number of halogens is 1. The number of nitrogens with zero attached hydrogens (tertiary/aromatic N) is 2. The molecule has 4 heteroatoms. The number of fused-ring (bicyclic) bond motifs is 1. The Kier molecular flexibility index (Phi) is 2.52. The van der Waals surface area contributed by atoms with Gasteiger partial charge in [-0.2, -0.15) is 4.39 Å². The van der Waals surface area contributed by atoms with Crippen LogP contribution in [0.3, 0.4) is 0 Å². The Balaban J connectivity index is 1.88. The second kappa shape index (κ2) is 4.01. The van der Waals surface area contributed by atoms with Crippen molar-refractivity contribution in [2.75, 3.05) is 18.1 Å². The molecule has 1 saturated heterocycles. The molecule has 2 heterocycles. The number of hydrogen-bond acceptors (Lipinski definition) is 3. The van der Waals surface area contributed by atoms with Crippen LogP contribution in [0, 0.1) is 5.95 Å². The fraction of sp³-hybridized carbons (Fsp3) is 0.583. The number of aromatic nitrogens is 1. The predicted molar refractivity (Wildman–Crippen MR) is 58.9 cm³/mol. The van der Waals surface area contributed by atoms with Gasteiger partial charge in [-0.25, -0.2) is 4.98 Å². The highest BCUT2D eigenvalue weighted by atomic mass is 19.1. The maximum Gasteiger partial charge on any atom is 0.214 e. The molecular weight excluding hydrogens is 207 g/mol. The molecule has 0 radical (unpaired) electrons. The molecule has 2 atom stereocenters. The van der Waals surface area contributed by atoms with E-state index < -0.39 is 5.95 Å². The monoisotopic (exact) mass is 222 g/mol. The number of anilines is 1. The average Bonchev–Trinajstić information content (AvgIpc) is 2.76. The minimum atomic E-state index is -0.404. The molecule has 86 valence electrons. The van der Waals surface area contributed by atoms with E-state index in [2.05, 4.69) is 9.88 Å². The van der Waals surface area contributed by atoms with Gasteiger partial charge in [0, 0.05) is 24.5 Å². The first-order valence-electron chi connectivity index (χ1n) is 5.84. The fourth-order valence-corrected chi connectivity index (χ4v) is 2.82. The highest BCUT2D eigenvalue weighted by Gasteiger charge is 2.36. The summed E-state index contributed by atoms with van der Waals surface area (Å²) in [6.07, 6.45) is 5.36. The zero-order valence-corrected chi connectivity index (χ0v) is 9.10. The Morgan fingerprint density at radius 2 is 2.38 bits per heavy atom. The lowest BCUT2D eigenvalue weighted by Gasteiger charge is -2.39. The van der Waals surface area contributed by atoms with Crippen LogP contribution in [0.4, 0.5) is 10.1 Å². The average molecular weight is 222 g/mol. The van der Waals surface area contributed by atoms with Crippen LogP contribution in [0.15, 0.2) is 18.3 Å². The summed E-state index contributed by atoms with van der Waals surface area (Å²) in [6, 6.07) is 3.82. The van der Waals surface area contributed by atoms with E-state index in [0.29, 0.717) is 12.1 Å². The number of ether oxygens (including phenoxy) is 1. The fourth-order valence-electron chi connectivity index (χ4n) is 2.82. The van der Waals surface area contributed by atoms with Crippen molar-refractivity contribution in [2.24, 2.45) is 0 Å². The molecular formula is C12H15FN2O. The van der Waals surface area contributed by atoms with Crippen molar-refractivity contribution in [3.63, 3.8) is 0 Å². The minimum Gasteiger partial charge on any atom is -0.374 e. The number of rotatable bonds is 1. The van der Waals surface area contributed by atoms with Gasteiger partial charge in [0.1, 0.15) is 0 Å². The third kappa shape index (κ3) is 1.67. The van der Waals surface area contributed by atoms with E-state index in [-0.39, 0.29) is 0 Å². The molecule has 0 N–H and O–H groups in total. The molecule has 2 fully saturated rings.